The fourth-order valence-corrected chi connectivity index (χ4v) is 4.50. The molecule has 0 spiro atoms. The Morgan fingerprint density at radius 2 is 1.40 bits per heavy atom. The van der Waals surface area contributed by atoms with E-state index in [0.717, 1.165) is 25.4 Å². The van der Waals surface area contributed by atoms with Crippen molar-refractivity contribution >= 4 is 11.8 Å². The molecule has 0 saturated carbocycles. The molecule has 2 amide bonds. The van der Waals surface area contributed by atoms with Gasteiger partial charge in [0.25, 0.3) is 5.91 Å². The Morgan fingerprint density at radius 3 is 1.94 bits per heavy atom. The fourth-order valence-electron chi connectivity index (χ4n) is 4.50. The van der Waals surface area contributed by atoms with E-state index in [4.69, 9.17) is 4.74 Å². The Hall–Kier alpha value is -3.64. The second-order valence-corrected chi connectivity index (χ2v) is 8.78. The molecule has 0 atom stereocenters. The topological polar surface area (TPSA) is 61.9 Å². The first kappa shape index (κ1) is 24.5. The first-order valence-corrected chi connectivity index (χ1v) is 12.2. The summed E-state index contributed by atoms with van der Waals surface area (Å²) in [5, 5.41) is 2.98. The van der Waals surface area contributed by atoms with Crippen LogP contribution in [0.2, 0.25) is 0 Å². The Kier molecular flexibility index (Phi) is 8.52. The number of ether oxygens (including phenoxy) is 1. The molecule has 0 aromatic heterocycles. The number of carbonyl (C=O) groups is 2. The van der Waals surface area contributed by atoms with Crippen LogP contribution < -0.4 is 10.1 Å². The number of hydrogen-bond acceptors (Lipinski definition) is 4. The molecule has 1 aliphatic rings. The third-order valence-electron chi connectivity index (χ3n) is 6.57. The lowest BCUT2D eigenvalue weighted by atomic mass is 9.88. The van der Waals surface area contributed by atoms with Crippen LogP contribution in [0.1, 0.15) is 33.8 Å². The maximum absolute atomic E-state index is 13.2. The number of nitrogens with one attached hydrogen (secondary N) is 1. The van der Waals surface area contributed by atoms with Crippen molar-refractivity contribution in [3.63, 3.8) is 0 Å². The quantitative estimate of drug-likeness (QED) is 0.516. The summed E-state index contributed by atoms with van der Waals surface area (Å²) < 4.78 is 5.13. The second kappa shape index (κ2) is 12.2. The van der Waals surface area contributed by atoms with E-state index in [9.17, 15) is 9.59 Å². The lowest BCUT2D eigenvalue weighted by Crippen LogP contribution is -2.50. The minimum atomic E-state index is -0.0886. The predicted molar refractivity (Wildman–Crippen MR) is 138 cm³/mol. The molecule has 3 aromatic rings. The van der Waals surface area contributed by atoms with Crippen LogP contribution in [-0.2, 0) is 4.79 Å². The maximum atomic E-state index is 13.2. The summed E-state index contributed by atoms with van der Waals surface area (Å²) in [5.74, 6) is 0.883. The van der Waals surface area contributed by atoms with E-state index in [1.165, 1.54) is 11.1 Å². The number of hydrogen-bond donors (Lipinski definition) is 1. The van der Waals surface area contributed by atoms with E-state index in [1.807, 2.05) is 41.3 Å². The largest absolute Gasteiger partial charge is 0.497 e. The monoisotopic (exact) mass is 471 g/mol. The smallest absolute Gasteiger partial charge is 0.251 e. The van der Waals surface area contributed by atoms with Crippen molar-refractivity contribution in [1.82, 2.24) is 15.1 Å². The average molecular weight is 472 g/mol. The Morgan fingerprint density at radius 1 is 0.829 bits per heavy atom. The van der Waals surface area contributed by atoms with Crippen LogP contribution in [0.3, 0.4) is 0 Å². The van der Waals surface area contributed by atoms with Gasteiger partial charge in [-0.05, 0) is 35.4 Å². The number of rotatable bonds is 9. The standard InChI is InChI=1S/C29H33N3O3/c1-35-26-14-12-25(13-15-26)29(34)30-16-17-31-18-20-32(21-19-31)28(33)22-27(23-8-4-2-5-9-23)24-10-6-3-7-11-24/h2-15,27H,16-22H2,1H3,(H,30,34). The van der Waals surface area contributed by atoms with Gasteiger partial charge >= 0.3 is 0 Å². The molecule has 3 aromatic carbocycles. The van der Waals surface area contributed by atoms with E-state index in [2.05, 4.69) is 34.5 Å². The van der Waals surface area contributed by atoms with Gasteiger partial charge in [-0.25, -0.2) is 0 Å². The number of carbonyl (C=O) groups excluding carboxylic acids is 2. The normalized spacial score (nSPS) is 14.1. The minimum Gasteiger partial charge on any atom is -0.497 e. The lowest BCUT2D eigenvalue weighted by Gasteiger charge is -2.35. The van der Waals surface area contributed by atoms with Gasteiger partial charge in [0.1, 0.15) is 5.75 Å². The number of benzene rings is 3. The van der Waals surface area contributed by atoms with Gasteiger partial charge in [0.2, 0.25) is 5.91 Å². The van der Waals surface area contributed by atoms with Crippen LogP contribution >= 0.6 is 0 Å². The highest BCUT2D eigenvalue weighted by Crippen LogP contribution is 2.28. The highest BCUT2D eigenvalue weighted by atomic mass is 16.5. The molecule has 1 saturated heterocycles. The van der Waals surface area contributed by atoms with E-state index < -0.39 is 0 Å². The van der Waals surface area contributed by atoms with Crippen molar-refractivity contribution in [3.8, 4) is 5.75 Å². The van der Waals surface area contributed by atoms with Crippen LogP contribution in [0.15, 0.2) is 84.9 Å². The summed E-state index contributed by atoms with van der Waals surface area (Å²) in [7, 11) is 1.60. The molecule has 0 aliphatic carbocycles. The average Bonchev–Trinajstić information content (AvgIpc) is 2.93. The van der Waals surface area contributed by atoms with Gasteiger partial charge < -0.3 is 15.0 Å². The van der Waals surface area contributed by atoms with Gasteiger partial charge in [0, 0.05) is 57.2 Å². The molecule has 1 aliphatic heterocycles. The van der Waals surface area contributed by atoms with Gasteiger partial charge in [-0.3, -0.25) is 14.5 Å². The first-order chi connectivity index (χ1) is 17.1. The van der Waals surface area contributed by atoms with Crippen LogP contribution in [0, 0.1) is 0 Å². The number of methoxy groups -OCH3 is 1. The number of piperazine rings is 1. The molecule has 6 nitrogen and oxygen atoms in total. The lowest BCUT2D eigenvalue weighted by molar-refractivity contribution is -0.133. The molecule has 4 rings (SSSR count). The van der Waals surface area contributed by atoms with E-state index in [-0.39, 0.29) is 17.7 Å². The fraction of sp³-hybridized carbons (Fsp3) is 0.310. The molecule has 1 heterocycles. The first-order valence-electron chi connectivity index (χ1n) is 12.2. The van der Waals surface area contributed by atoms with Gasteiger partial charge in [0.05, 0.1) is 7.11 Å². The van der Waals surface area contributed by atoms with Crippen LogP contribution in [0.5, 0.6) is 5.75 Å². The molecular weight excluding hydrogens is 438 g/mol. The van der Waals surface area contributed by atoms with Crippen molar-refractivity contribution < 1.29 is 14.3 Å². The zero-order valence-corrected chi connectivity index (χ0v) is 20.2. The molecule has 182 valence electrons. The number of amides is 2. The van der Waals surface area contributed by atoms with Gasteiger partial charge in [-0.15, -0.1) is 0 Å². The summed E-state index contributed by atoms with van der Waals surface area (Å²) in [5.41, 5.74) is 2.95. The third kappa shape index (κ3) is 6.70. The molecule has 0 unspecified atom stereocenters. The molecule has 6 heteroatoms. The van der Waals surface area contributed by atoms with Crippen LogP contribution in [0.4, 0.5) is 0 Å². The predicted octanol–water partition coefficient (Wildman–Crippen LogP) is 3.79. The molecule has 0 radical (unpaired) electrons. The van der Waals surface area contributed by atoms with Crippen molar-refractivity contribution in [1.29, 1.82) is 0 Å². The number of nitrogens with zero attached hydrogens (tertiary/aromatic N) is 2. The molecular formula is C29H33N3O3. The van der Waals surface area contributed by atoms with Crippen LogP contribution in [-0.4, -0.2) is 68.0 Å². The molecule has 1 fully saturated rings. The Bertz CT molecular complexity index is 1040. The third-order valence-corrected chi connectivity index (χ3v) is 6.57. The summed E-state index contributed by atoms with van der Waals surface area (Å²) >= 11 is 0. The van der Waals surface area contributed by atoms with E-state index in [0.29, 0.717) is 31.6 Å². The maximum Gasteiger partial charge on any atom is 0.251 e. The van der Waals surface area contributed by atoms with E-state index in [1.54, 1.807) is 31.4 Å². The highest BCUT2D eigenvalue weighted by Gasteiger charge is 2.25. The second-order valence-electron chi connectivity index (χ2n) is 8.78. The van der Waals surface area contributed by atoms with Gasteiger partial charge in [-0.1, -0.05) is 60.7 Å². The molecule has 35 heavy (non-hydrogen) atoms. The summed E-state index contributed by atoms with van der Waals surface area (Å²) in [6, 6.07) is 27.6. The minimum absolute atomic E-state index is 0.0519. The van der Waals surface area contributed by atoms with E-state index >= 15 is 0 Å². The van der Waals surface area contributed by atoms with Gasteiger partial charge in [0.15, 0.2) is 0 Å². The van der Waals surface area contributed by atoms with Crippen LogP contribution in [0.25, 0.3) is 0 Å². The Labute approximate surface area is 207 Å². The summed E-state index contributed by atoms with van der Waals surface area (Å²) in [6.07, 6.45) is 0.464. The summed E-state index contributed by atoms with van der Waals surface area (Å²) in [4.78, 5) is 29.8. The van der Waals surface area contributed by atoms with Crippen molar-refractivity contribution in [2.45, 2.75) is 12.3 Å². The zero-order valence-electron chi connectivity index (χ0n) is 20.2. The summed E-state index contributed by atoms with van der Waals surface area (Å²) in [6.45, 7) is 4.38. The zero-order chi connectivity index (χ0) is 24.5. The van der Waals surface area contributed by atoms with Crippen molar-refractivity contribution in [2.75, 3.05) is 46.4 Å². The Balaban J connectivity index is 1.24. The van der Waals surface area contributed by atoms with Gasteiger partial charge in [-0.2, -0.15) is 0 Å². The van der Waals surface area contributed by atoms with Crippen molar-refractivity contribution in [3.05, 3.63) is 102 Å². The highest BCUT2D eigenvalue weighted by molar-refractivity contribution is 5.94. The van der Waals surface area contributed by atoms with Crippen molar-refractivity contribution in [2.24, 2.45) is 0 Å². The molecule has 0 bridgehead atoms. The molecule has 1 N–H and O–H groups in total. The SMILES string of the molecule is COc1ccc(C(=O)NCCN2CCN(C(=O)CC(c3ccccc3)c3ccccc3)CC2)cc1.